The molecular weight excluding hydrogens is 266 g/mol. The number of carbonyl (C=O) groups excluding carboxylic acids is 2. The summed E-state index contributed by atoms with van der Waals surface area (Å²) in [5, 5.41) is 2.94. The number of carbonyl (C=O) groups is 2. The van der Waals surface area contributed by atoms with Gasteiger partial charge in [-0.2, -0.15) is 0 Å². The minimum absolute atomic E-state index is 0.175. The van der Waals surface area contributed by atoms with Crippen molar-refractivity contribution in [3.8, 4) is 0 Å². The second-order valence-electron chi connectivity index (χ2n) is 6.84. The van der Waals surface area contributed by atoms with E-state index in [1.807, 2.05) is 51.1 Å². The first-order chi connectivity index (χ1) is 9.83. The predicted molar refractivity (Wildman–Crippen MR) is 78.2 cm³/mol. The normalized spacial score (nSPS) is 32.8. The molecule has 4 nitrogen and oxygen atoms in total. The number of fused-ring (bicyclic) bond motifs is 2. The lowest BCUT2D eigenvalue weighted by Gasteiger charge is -2.35. The maximum atomic E-state index is 12.7. The molecule has 3 rings (SSSR count). The van der Waals surface area contributed by atoms with Gasteiger partial charge in [0.1, 0.15) is 0 Å². The maximum absolute atomic E-state index is 12.7. The van der Waals surface area contributed by atoms with Crippen molar-refractivity contribution in [3.63, 3.8) is 0 Å². The summed E-state index contributed by atoms with van der Waals surface area (Å²) in [5.74, 6) is -0.417. The summed E-state index contributed by atoms with van der Waals surface area (Å²) >= 11 is 0. The van der Waals surface area contributed by atoms with E-state index in [-0.39, 0.29) is 11.9 Å². The molecule has 1 aliphatic heterocycles. The summed E-state index contributed by atoms with van der Waals surface area (Å²) in [4.78, 5) is 24.9. The van der Waals surface area contributed by atoms with Crippen LogP contribution in [0, 0.1) is 10.8 Å². The molecule has 112 valence electrons. The van der Waals surface area contributed by atoms with Gasteiger partial charge in [0.15, 0.2) is 5.60 Å². The van der Waals surface area contributed by atoms with E-state index in [0.717, 1.165) is 5.56 Å². The van der Waals surface area contributed by atoms with Gasteiger partial charge in [-0.3, -0.25) is 9.59 Å². The highest BCUT2D eigenvalue weighted by atomic mass is 16.6. The molecule has 1 N–H and O–H groups in total. The van der Waals surface area contributed by atoms with Gasteiger partial charge >= 0.3 is 5.97 Å². The Labute approximate surface area is 124 Å². The number of rotatable bonds is 3. The Balaban J connectivity index is 1.80. The van der Waals surface area contributed by atoms with Gasteiger partial charge in [-0.1, -0.05) is 44.2 Å². The average molecular weight is 287 g/mol. The number of amides is 1. The van der Waals surface area contributed by atoms with E-state index in [4.69, 9.17) is 4.74 Å². The van der Waals surface area contributed by atoms with Gasteiger partial charge in [-0.05, 0) is 25.3 Å². The second-order valence-corrected chi connectivity index (χ2v) is 6.84. The Bertz CT molecular complexity index is 595. The fourth-order valence-electron chi connectivity index (χ4n) is 3.67. The highest BCUT2D eigenvalue weighted by Crippen LogP contribution is 2.65. The molecule has 2 bridgehead atoms. The second kappa shape index (κ2) is 4.33. The number of esters is 1. The molecule has 1 aromatic rings. The maximum Gasteiger partial charge on any atom is 0.313 e. The largest absolute Gasteiger partial charge is 0.448 e. The molecule has 2 fully saturated rings. The van der Waals surface area contributed by atoms with Gasteiger partial charge in [0.25, 0.3) is 5.91 Å². The first-order valence-corrected chi connectivity index (χ1v) is 7.39. The zero-order chi connectivity index (χ0) is 15.3. The third-order valence-electron chi connectivity index (χ3n) is 5.75. The Kier molecular flexibility index (Phi) is 2.91. The molecule has 0 aromatic heterocycles. The summed E-state index contributed by atoms with van der Waals surface area (Å²) < 4.78 is 5.57. The van der Waals surface area contributed by atoms with Crippen molar-refractivity contribution in [2.45, 2.75) is 45.8 Å². The molecule has 1 saturated heterocycles. The fraction of sp³-hybridized carbons (Fsp3) is 0.529. The zero-order valence-electron chi connectivity index (χ0n) is 12.7. The molecule has 0 spiro atoms. The Morgan fingerprint density at radius 3 is 2.38 bits per heavy atom. The summed E-state index contributed by atoms with van der Waals surface area (Å²) in [6.07, 6.45) is 1.31. The van der Waals surface area contributed by atoms with Crippen LogP contribution in [0.3, 0.4) is 0 Å². The first-order valence-electron chi connectivity index (χ1n) is 7.39. The van der Waals surface area contributed by atoms with Crippen LogP contribution in [0.15, 0.2) is 30.3 Å². The van der Waals surface area contributed by atoms with Crippen LogP contribution in [-0.2, 0) is 20.9 Å². The van der Waals surface area contributed by atoms with E-state index in [9.17, 15) is 9.59 Å². The van der Waals surface area contributed by atoms with Crippen molar-refractivity contribution >= 4 is 11.9 Å². The lowest BCUT2D eigenvalue weighted by atomic mass is 9.66. The molecule has 2 atom stereocenters. The van der Waals surface area contributed by atoms with Crippen molar-refractivity contribution in [2.75, 3.05) is 0 Å². The van der Waals surface area contributed by atoms with E-state index in [1.54, 1.807) is 0 Å². The van der Waals surface area contributed by atoms with E-state index >= 15 is 0 Å². The van der Waals surface area contributed by atoms with Crippen LogP contribution in [0.1, 0.15) is 39.2 Å². The van der Waals surface area contributed by atoms with Gasteiger partial charge in [0, 0.05) is 12.0 Å². The van der Waals surface area contributed by atoms with E-state index < -0.39 is 16.4 Å². The lowest BCUT2D eigenvalue weighted by molar-refractivity contribution is -0.168. The Morgan fingerprint density at radius 2 is 1.86 bits per heavy atom. The topological polar surface area (TPSA) is 55.4 Å². The van der Waals surface area contributed by atoms with Gasteiger partial charge in [-0.15, -0.1) is 0 Å². The number of hydrogen-bond donors (Lipinski definition) is 1. The molecule has 4 heteroatoms. The highest BCUT2D eigenvalue weighted by Gasteiger charge is 2.75. The van der Waals surface area contributed by atoms with Gasteiger partial charge in [-0.25, -0.2) is 0 Å². The predicted octanol–water partition coefficient (Wildman–Crippen LogP) is 2.42. The monoisotopic (exact) mass is 287 g/mol. The quantitative estimate of drug-likeness (QED) is 0.869. The number of hydrogen-bond acceptors (Lipinski definition) is 3. The van der Waals surface area contributed by atoms with Crippen LogP contribution in [-0.4, -0.2) is 17.5 Å². The molecule has 1 amide bonds. The molecule has 1 heterocycles. The van der Waals surface area contributed by atoms with Crippen LogP contribution in [0.4, 0.5) is 0 Å². The summed E-state index contributed by atoms with van der Waals surface area (Å²) in [7, 11) is 0. The fourth-order valence-corrected chi connectivity index (χ4v) is 3.67. The molecule has 1 saturated carbocycles. The smallest absolute Gasteiger partial charge is 0.313 e. The van der Waals surface area contributed by atoms with Crippen molar-refractivity contribution in [2.24, 2.45) is 10.8 Å². The molecule has 0 unspecified atom stereocenters. The standard InChI is InChI=1S/C17H21NO3/c1-15(2)16(3)9-10-17(15,21-14(16)20)13(19)18-11-12-7-5-4-6-8-12/h4-8H,9-11H2,1-3H3,(H,18,19)/t16-,17+/m1/s1. The van der Waals surface area contributed by atoms with Crippen molar-refractivity contribution < 1.29 is 14.3 Å². The number of benzene rings is 1. The van der Waals surface area contributed by atoms with E-state index in [0.29, 0.717) is 19.4 Å². The van der Waals surface area contributed by atoms with Crippen LogP contribution < -0.4 is 5.32 Å². The number of nitrogens with one attached hydrogen (secondary N) is 1. The average Bonchev–Trinajstić information content (AvgIpc) is 2.76. The Hall–Kier alpha value is -1.84. The van der Waals surface area contributed by atoms with Crippen molar-refractivity contribution in [1.82, 2.24) is 5.32 Å². The van der Waals surface area contributed by atoms with Crippen LogP contribution in [0.25, 0.3) is 0 Å². The third-order valence-corrected chi connectivity index (χ3v) is 5.75. The van der Waals surface area contributed by atoms with E-state index in [1.165, 1.54) is 0 Å². The molecule has 1 aromatic carbocycles. The van der Waals surface area contributed by atoms with Crippen molar-refractivity contribution in [1.29, 1.82) is 0 Å². The summed E-state index contributed by atoms with van der Waals surface area (Å²) in [6.45, 7) is 6.29. The molecule has 21 heavy (non-hydrogen) atoms. The zero-order valence-corrected chi connectivity index (χ0v) is 12.7. The molecule has 2 aliphatic rings. The lowest BCUT2D eigenvalue weighted by Crippen LogP contribution is -2.53. The van der Waals surface area contributed by atoms with Gasteiger partial charge in [0.05, 0.1) is 5.41 Å². The SMILES string of the molecule is CC1(C)[C@@]2(C(=O)NCc3ccccc3)CC[C@]1(C)C(=O)O2. The third kappa shape index (κ3) is 1.68. The molecular formula is C17H21NO3. The minimum atomic E-state index is -1.02. The van der Waals surface area contributed by atoms with Gasteiger partial charge < -0.3 is 10.1 Å². The minimum Gasteiger partial charge on any atom is -0.448 e. The van der Waals surface area contributed by atoms with Crippen LogP contribution in [0.5, 0.6) is 0 Å². The van der Waals surface area contributed by atoms with Crippen molar-refractivity contribution in [3.05, 3.63) is 35.9 Å². The number of ether oxygens (including phenoxy) is 1. The van der Waals surface area contributed by atoms with Crippen LogP contribution in [0.2, 0.25) is 0 Å². The summed E-state index contributed by atoms with van der Waals surface area (Å²) in [6, 6.07) is 9.73. The molecule has 1 aliphatic carbocycles. The Morgan fingerprint density at radius 1 is 1.19 bits per heavy atom. The van der Waals surface area contributed by atoms with Crippen LogP contribution >= 0.6 is 0 Å². The summed E-state index contributed by atoms with van der Waals surface area (Å²) in [5.41, 5.74) is -1.03. The van der Waals surface area contributed by atoms with Gasteiger partial charge in [0.2, 0.25) is 0 Å². The molecule has 0 radical (unpaired) electrons. The highest BCUT2D eigenvalue weighted by molar-refractivity contribution is 5.96. The first kappa shape index (κ1) is 14.1. The van der Waals surface area contributed by atoms with E-state index in [2.05, 4.69) is 5.32 Å².